The van der Waals surface area contributed by atoms with Crippen molar-refractivity contribution in [1.29, 1.82) is 0 Å². The number of rotatable bonds is 6. The third-order valence-corrected chi connectivity index (χ3v) is 4.47. The molecule has 1 aromatic carbocycles. The zero-order chi connectivity index (χ0) is 16.3. The van der Waals surface area contributed by atoms with Crippen molar-refractivity contribution in [2.75, 3.05) is 7.11 Å². The number of carbonyl (C=O) groups is 2. The molecule has 23 heavy (non-hydrogen) atoms. The third kappa shape index (κ3) is 4.45. The number of ether oxygens (including phenoxy) is 1. The molecule has 5 nitrogen and oxygen atoms in total. The van der Waals surface area contributed by atoms with Crippen LogP contribution in [0.1, 0.15) is 49.0 Å². The van der Waals surface area contributed by atoms with Gasteiger partial charge in [0.05, 0.1) is 7.11 Å². The number of esters is 1. The van der Waals surface area contributed by atoms with E-state index in [2.05, 4.69) is 5.32 Å². The molecule has 0 aromatic heterocycles. The fraction of sp³-hybridized carbons (Fsp3) is 0.529. The number of nitrogens with one attached hydrogen (secondary N) is 1. The van der Waals surface area contributed by atoms with Crippen LogP contribution in [0.25, 0.3) is 0 Å². The van der Waals surface area contributed by atoms with Gasteiger partial charge in [-0.1, -0.05) is 32.4 Å². The first-order chi connectivity index (χ1) is 10.4. The normalized spacial score (nSPS) is 17.4. The van der Waals surface area contributed by atoms with Gasteiger partial charge in [-0.2, -0.15) is 0 Å². The van der Waals surface area contributed by atoms with E-state index in [0.717, 1.165) is 24.8 Å². The number of amides is 1. The summed E-state index contributed by atoms with van der Waals surface area (Å²) in [6.45, 7) is 3.88. The molecule has 128 valence electrons. The maximum atomic E-state index is 12.3. The van der Waals surface area contributed by atoms with Crippen LogP contribution in [0, 0.1) is 5.92 Å². The van der Waals surface area contributed by atoms with E-state index in [-0.39, 0.29) is 29.8 Å². The molecule has 2 rings (SSSR count). The van der Waals surface area contributed by atoms with Crippen molar-refractivity contribution in [3.05, 3.63) is 35.4 Å². The molecule has 1 aliphatic rings. The van der Waals surface area contributed by atoms with Gasteiger partial charge < -0.3 is 15.8 Å². The number of hydrogen-bond acceptors (Lipinski definition) is 4. The number of carbonyl (C=O) groups excluding carboxylic acids is 2. The molecular formula is C17H25ClN2O3. The zero-order valence-corrected chi connectivity index (χ0v) is 14.6. The first-order valence-electron chi connectivity index (χ1n) is 7.69. The fourth-order valence-electron chi connectivity index (χ4n) is 2.40. The fourth-order valence-corrected chi connectivity index (χ4v) is 2.40. The van der Waals surface area contributed by atoms with Crippen LogP contribution in [0.5, 0.6) is 0 Å². The Balaban J connectivity index is 0.00000264. The van der Waals surface area contributed by atoms with Gasteiger partial charge in [-0.25, -0.2) is 4.79 Å². The summed E-state index contributed by atoms with van der Waals surface area (Å²) in [6.07, 6.45) is 2.74. The molecular weight excluding hydrogens is 316 g/mol. The second kappa shape index (κ2) is 7.79. The van der Waals surface area contributed by atoms with Gasteiger partial charge in [0.1, 0.15) is 6.04 Å². The molecule has 2 atom stereocenters. The highest BCUT2D eigenvalue weighted by Gasteiger charge is 2.39. The molecule has 6 heteroatoms. The van der Waals surface area contributed by atoms with Crippen molar-refractivity contribution < 1.29 is 14.3 Å². The molecule has 0 saturated heterocycles. The maximum absolute atomic E-state index is 12.3. The molecule has 0 unspecified atom stereocenters. The summed E-state index contributed by atoms with van der Waals surface area (Å²) < 4.78 is 4.77. The lowest BCUT2D eigenvalue weighted by molar-refractivity contribution is -0.144. The van der Waals surface area contributed by atoms with Gasteiger partial charge in [0.15, 0.2) is 0 Å². The van der Waals surface area contributed by atoms with Crippen LogP contribution in [0.15, 0.2) is 24.3 Å². The zero-order valence-electron chi connectivity index (χ0n) is 13.8. The lowest BCUT2D eigenvalue weighted by atomic mass is 9.98. The smallest absolute Gasteiger partial charge is 0.328 e. The Labute approximate surface area is 143 Å². The molecule has 0 aliphatic heterocycles. The van der Waals surface area contributed by atoms with E-state index in [9.17, 15) is 9.59 Å². The standard InChI is InChI=1S/C17H24N2O3.ClH/c1-4-11(2)14(16(21)22-3)19-15(20)12-5-7-13(8-6-12)17(18)9-10-17;/h5-8,11,14H,4,9-10,18H2,1-3H3,(H,19,20);1H/t11-,14-;/m0./s1. The predicted molar refractivity (Wildman–Crippen MR) is 91.5 cm³/mol. The van der Waals surface area contributed by atoms with Gasteiger partial charge in [0, 0.05) is 11.1 Å². The van der Waals surface area contributed by atoms with Crippen LogP contribution in [0.2, 0.25) is 0 Å². The summed E-state index contributed by atoms with van der Waals surface area (Å²) in [7, 11) is 1.33. The average Bonchev–Trinajstić information content (AvgIpc) is 3.30. The molecule has 1 aromatic rings. The van der Waals surface area contributed by atoms with Gasteiger partial charge in [0.2, 0.25) is 0 Å². The Hall–Kier alpha value is -1.59. The Kier molecular flexibility index (Phi) is 6.59. The maximum Gasteiger partial charge on any atom is 0.328 e. The lowest BCUT2D eigenvalue weighted by Gasteiger charge is -2.22. The summed E-state index contributed by atoms with van der Waals surface area (Å²) in [5.74, 6) is -0.684. The van der Waals surface area contributed by atoms with E-state index >= 15 is 0 Å². The molecule has 1 aliphatic carbocycles. The van der Waals surface area contributed by atoms with E-state index in [1.165, 1.54) is 7.11 Å². The summed E-state index contributed by atoms with van der Waals surface area (Å²) in [5.41, 5.74) is 7.49. The topological polar surface area (TPSA) is 81.4 Å². The first kappa shape index (κ1) is 19.5. The summed E-state index contributed by atoms with van der Waals surface area (Å²) in [5, 5.41) is 2.76. The Bertz CT molecular complexity index is 555. The lowest BCUT2D eigenvalue weighted by Crippen LogP contribution is -2.45. The Morgan fingerprint density at radius 3 is 2.30 bits per heavy atom. The minimum Gasteiger partial charge on any atom is -0.467 e. The predicted octanol–water partition coefficient (Wildman–Crippen LogP) is 2.37. The number of benzene rings is 1. The first-order valence-corrected chi connectivity index (χ1v) is 7.69. The molecule has 0 radical (unpaired) electrons. The second-order valence-electron chi connectivity index (χ2n) is 6.09. The van der Waals surface area contributed by atoms with Crippen LogP contribution < -0.4 is 11.1 Å². The van der Waals surface area contributed by atoms with Crippen molar-refractivity contribution in [2.45, 2.75) is 44.7 Å². The van der Waals surface area contributed by atoms with E-state index in [1.807, 2.05) is 26.0 Å². The molecule has 1 amide bonds. The van der Waals surface area contributed by atoms with E-state index in [0.29, 0.717) is 5.56 Å². The minimum absolute atomic E-state index is 0. The van der Waals surface area contributed by atoms with E-state index < -0.39 is 12.0 Å². The quantitative estimate of drug-likeness (QED) is 0.779. The molecule has 0 heterocycles. The van der Waals surface area contributed by atoms with Crippen LogP contribution in [-0.4, -0.2) is 25.0 Å². The molecule has 0 bridgehead atoms. The van der Waals surface area contributed by atoms with E-state index in [4.69, 9.17) is 10.5 Å². The molecule has 3 N–H and O–H groups in total. The monoisotopic (exact) mass is 340 g/mol. The average molecular weight is 341 g/mol. The third-order valence-electron chi connectivity index (χ3n) is 4.47. The van der Waals surface area contributed by atoms with Crippen molar-refractivity contribution in [2.24, 2.45) is 11.7 Å². The van der Waals surface area contributed by atoms with Crippen LogP contribution in [0.3, 0.4) is 0 Å². The highest BCUT2D eigenvalue weighted by molar-refractivity contribution is 5.96. The van der Waals surface area contributed by atoms with Crippen molar-refractivity contribution in [1.82, 2.24) is 5.32 Å². The largest absolute Gasteiger partial charge is 0.467 e. The highest BCUT2D eigenvalue weighted by Crippen LogP contribution is 2.42. The number of nitrogens with two attached hydrogens (primary N) is 1. The Morgan fingerprint density at radius 2 is 1.87 bits per heavy atom. The number of hydrogen-bond donors (Lipinski definition) is 2. The highest BCUT2D eigenvalue weighted by atomic mass is 35.5. The van der Waals surface area contributed by atoms with Gasteiger partial charge in [-0.3, -0.25) is 4.79 Å². The second-order valence-corrected chi connectivity index (χ2v) is 6.09. The van der Waals surface area contributed by atoms with Gasteiger partial charge in [0.25, 0.3) is 5.91 Å². The van der Waals surface area contributed by atoms with Crippen molar-refractivity contribution in [3.63, 3.8) is 0 Å². The molecule has 1 saturated carbocycles. The van der Waals surface area contributed by atoms with Crippen molar-refractivity contribution in [3.8, 4) is 0 Å². The minimum atomic E-state index is -0.633. The van der Waals surface area contributed by atoms with Gasteiger partial charge in [-0.15, -0.1) is 12.4 Å². The van der Waals surface area contributed by atoms with Crippen LogP contribution >= 0.6 is 12.4 Å². The number of methoxy groups -OCH3 is 1. The Morgan fingerprint density at radius 1 is 1.30 bits per heavy atom. The SMILES string of the molecule is CC[C@H](C)[C@H](NC(=O)c1ccc(C2(N)CC2)cc1)C(=O)OC.Cl. The van der Waals surface area contributed by atoms with Crippen LogP contribution in [0.4, 0.5) is 0 Å². The van der Waals surface area contributed by atoms with Gasteiger partial charge >= 0.3 is 5.97 Å². The summed E-state index contributed by atoms with van der Waals surface area (Å²) in [6, 6.07) is 6.65. The van der Waals surface area contributed by atoms with Gasteiger partial charge in [-0.05, 0) is 36.5 Å². The van der Waals surface area contributed by atoms with Crippen molar-refractivity contribution >= 4 is 24.3 Å². The summed E-state index contributed by atoms with van der Waals surface area (Å²) >= 11 is 0. The van der Waals surface area contributed by atoms with Crippen LogP contribution in [-0.2, 0) is 15.1 Å². The molecule has 0 spiro atoms. The van der Waals surface area contributed by atoms with E-state index in [1.54, 1.807) is 12.1 Å². The summed E-state index contributed by atoms with van der Waals surface area (Å²) in [4.78, 5) is 24.1. The number of halogens is 1. The molecule has 1 fully saturated rings.